The van der Waals surface area contributed by atoms with Crippen LogP contribution in [0.1, 0.15) is 12.0 Å². The van der Waals surface area contributed by atoms with Crippen LogP contribution in [-0.4, -0.2) is 23.5 Å². The average Bonchev–Trinajstić information content (AvgIpc) is 3.04. The Morgan fingerprint density at radius 1 is 1.08 bits per heavy atom. The smallest absolute Gasteiger partial charge is 0.306 e. The molecule has 1 amide bonds. The van der Waals surface area contributed by atoms with Gasteiger partial charge in [0.25, 0.3) is 5.91 Å². The largest absolute Gasteiger partial charge is 0.456 e. The number of aryl methyl sites for hydroxylation is 1. The van der Waals surface area contributed by atoms with E-state index in [2.05, 4.69) is 10.3 Å². The van der Waals surface area contributed by atoms with Crippen LogP contribution in [0.3, 0.4) is 0 Å². The Labute approximate surface area is 148 Å². The van der Waals surface area contributed by atoms with Gasteiger partial charge in [-0.3, -0.25) is 9.59 Å². The number of para-hydroxylation sites is 1. The average molecular weight is 358 g/mol. The maximum Gasteiger partial charge on any atom is 0.306 e. The molecule has 0 aliphatic rings. The predicted molar refractivity (Wildman–Crippen MR) is 92.6 cm³/mol. The standard InChI is InChI=1S/C19H16F2N2O3/c20-15-7-6-13(9-16(15)21)23-18(24)11-26-19(25)8-5-12-10-22-17-4-2-1-3-14(12)17/h1-4,6-7,9-10,22H,5,8,11H2,(H,23,24). The fourth-order valence-electron chi connectivity index (χ4n) is 2.56. The van der Waals surface area contributed by atoms with E-state index in [1.165, 1.54) is 6.07 Å². The van der Waals surface area contributed by atoms with E-state index in [9.17, 15) is 18.4 Å². The van der Waals surface area contributed by atoms with Crippen LogP contribution in [0.15, 0.2) is 48.7 Å². The molecule has 0 saturated carbocycles. The maximum atomic E-state index is 13.1. The molecule has 2 N–H and O–H groups in total. The van der Waals surface area contributed by atoms with Crippen LogP contribution in [-0.2, 0) is 20.7 Å². The minimum atomic E-state index is -1.07. The zero-order chi connectivity index (χ0) is 18.5. The lowest BCUT2D eigenvalue weighted by Gasteiger charge is -2.07. The first-order valence-electron chi connectivity index (χ1n) is 7.98. The Bertz CT molecular complexity index is 953. The normalized spacial score (nSPS) is 10.7. The van der Waals surface area contributed by atoms with E-state index < -0.39 is 30.1 Å². The molecule has 3 rings (SSSR count). The van der Waals surface area contributed by atoms with E-state index in [1.807, 2.05) is 30.5 Å². The number of rotatable bonds is 6. The molecule has 0 saturated heterocycles. The van der Waals surface area contributed by atoms with E-state index in [4.69, 9.17) is 4.74 Å². The second-order valence-electron chi connectivity index (χ2n) is 5.70. The Hall–Kier alpha value is -3.22. The number of carbonyl (C=O) groups excluding carboxylic acids is 2. The number of ether oxygens (including phenoxy) is 1. The molecule has 26 heavy (non-hydrogen) atoms. The summed E-state index contributed by atoms with van der Waals surface area (Å²) < 4.78 is 30.8. The van der Waals surface area contributed by atoms with Crippen LogP contribution in [0, 0.1) is 11.6 Å². The van der Waals surface area contributed by atoms with E-state index in [1.54, 1.807) is 0 Å². The van der Waals surface area contributed by atoms with E-state index in [-0.39, 0.29) is 12.1 Å². The quantitative estimate of drug-likeness (QED) is 0.662. The number of nitrogens with one attached hydrogen (secondary N) is 2. The third-order valence-electron chi connectivity index (χ3n) is 3.84. The van der Waals surface area contributed by atoms with Gasteiger partial charge in [0, 0.05) is 35.3 Å². The lowest BCUT2D eigenvalue weighted by molar-refractivity contribution is -0.147. The number of aromatic amines is 1. The van der Waals surface area contributed by atoms with E-state index in [0.29, 0.717) is 6.42 Å². The lowest BCUT2D eigenvalue weighted by Crippen LogP contribution is -2.21. The van der Waals surface area contributed by atoms with Gasteiger partial charge in [0.1, 0.15) is 0 Å². The molecule has 1 heterocycles. The van der Waals surface area contributed by atoms with Crippen molar-refractivity contribution in [3.63, 3.8) is 0 Å². The number of amides is 1. The van der Waals surface area contributed by atoms with Crippen LogP contribution in [0.2, 0.25) is 0 Å². The highest BCUT2D eigenvalue weighted by atomic mass is 19.2. The molecule has 2 aromatic carbocycles. The number of fused-ring (bicyclic) bond motifs is 1. The Balaban J connectivity index is 1.46. The third kappa shape index (κ3) is 4.24. The first-order chi connectivity index (χ1) is 12.5. The number of carbonyl (C=O) groups is 2. The fraction of sp³-hybridized carbons (Fsp3) is 0.158. The summed E-state index contributed by atoms with van der Waals surface area (Å²) in [7, 11) is 0. The number of esters is 1. The van der Waals surface area contributed by atoms with Crippen LogP contribution in [0.4, 0.5) is 14.5 Å². The summed E-state index contributed by atoms with van der Waals surface area (Å²) in [6.45, 7) is -0.494. The van der Waals surface area contributed by atoms with Gasteiger partial charge in [0.15, 0.2) is 18.2 Å². The number of H-pyrrole nitrogens is 1. The summed E-state index contributed by atoms with van der Waals surface area (Å²) in [4.78, 5) is 26.6. The molecule has 0 spiro atoms. The van der Waals surface area contributed by atoms with Crippen LogP contribution >= 0.6 is 0 Å². The number of hydrogen-bond donors (Lipinski definition) is 2. The van der Waals surface area contributed by atoms with Crippen molar-refractivity contribution in [2.24, 2.45) is 0 Å². The third-order valence-corrected chi connectivity index (χ3v) is 3.84. The molecule has 0 fully saturated rings. The van der Waals surface area contributed by atoms with Gasteiger partial charge in [-0.25, -0.2) is 8.78 Å². The van der Waals surface area contributed by atoms with Crippen molar-refractivity contribution in [1.29, 1.82) is 0 Å². The summed E-state index contributed by atoms with van der Waals surface area (Å²) in [6, 6.07) is 10.7. The number of halogens is 2. The van der Waals surface area contributed by atoms with Gasteiger partial charge < -0.3 is 15.0 Å². The molecule has 0 unspecified atom stereocenters. The minimum Gasteiger partial charge on any atom is -0.456 e. The highest BCUT2D eigenvalue weighted by Gasteiger charge is 2.11. The monoisotopic (exact) mass is 358 g/mol. The van der Waals surface area contributed by atoms with Gasteiger partial charge in [-0.2, -0.15) is 0 Å². The topological polar surface area (TPSA) is 71.2 Å². The van der Waals surface area contributed by atoms with E-state index in [0.717, 1.165) is 28.6 Å². The molecule has 5 nitrogen and oxygen atoms in total. The number of benzene rings is 2. The highest BCUT2D eigenvalue weighted by molar-refractivity contribution is 5.92. The molecule has 3 aromatic rings. The number of aromatic nitrogens is 1. The Kier molecular flexibility index (Phi) is 5.26. The molecule has 0 bridgehead atoms. The summed E-state index contributed by atoms with van der Waals surface area (Å²) in [6.07, 6.45) is 2.45. The molecular weight excluding hydrogens is 342 g/mol. The molecule has 1 aromatic heterocycles. The lowest BCUT2D eigenvalue weighted by atomic mass is 10.1. The maximum absolute atomic E-state index is 13.1. The molecule has 0 aliphatic heterocycles. The SMILES string of the molecule is O=C(COC(=O)CCc1c[nH]c2ccccc12)Nc1ccc(F)c(F)c1. The number of hydrogen-bond acceptors (Lipinski definition) is 3. The van der Waals surface area contributed by atoms with Crippen LogP contribution in [0.5, 0.6) is 0 Å². The van der Waals surface area contributed by atoms with Crippen molar-refractivity contribution in [2.45, 2.75) is 12.8 Å². The number of anilines is 1. The summed E-state index contributed by atoms with van der Waals surface area (Å²) >= 11 is 0. The van der Waals surface area contributed by atoms with Crippen LogP contribution < -0.4 is 5.32 Å². The molecular formula is C19H16F2N2O3. The zero-order valence-electron chi connectivity index (χ0n) is 13.7. The van der Waals surface area contributed by atoms with Gasteiger partial charge in [0.05, 0.1) is 0 Å². The van der Waals surface area contributed by atoms with Crippen molar-refractivity contribution in [1.82, 2.24) is 4.98 Å². The van der Waals surface area contributed by atoms with Crippen molar-refractivity contribution in [3.05, 3.63) is 65.9 Å². The summed E-state index contributed by atoms with van der Waals surface area (Å²) in [5.74, 6) is -3.22. The molecule has 134 valence electrons. The molecule has 0 aliphatic carbocycles. The molecule has 0 radical (unpaired) electrons. The van der Waals surface area contributed by atoms with Gasteiger partial charge in [-0.1, -0.05) is 18.2 Å². The Morgan fingerprint density at radius 3 is 2.69 bits per heavy atom. The van der Waals surface area contributed by atoms with Crippen molar-refractivity contribution in [2.75, 3.05) is 11.9 Å². The van der Waals surface area contributed by atoms with Crippen molar-refractivity contribution in [3.8, 4) is 0 Å². The molecule has 0 atom stereocenters. The predicted octanol–water partition coefficient (Wildman–Crippen LogP) is 3.56. The minimum absolute atomic E-state index is 0.0868. The second-order valence-corrected chi connectivity index (χ2v) is 5.70. The Morgan fingerprint density at radius 2 is 1.88 bits per heavy atom. The fourth-order valence-corrected chi connectivity index (χ4v) is 2.56. The van der Waals surface area contributed by atoms with Gasteiger partial charge >= 0.3 is 5.97 Å². The zero-order valence-corrected chi connectivity index (χ0v) is 13.7. The van der Waals surface area contributed by atoms with Gasteiger partial charge in [-0.05, 0) is 30.2 Å². The summed E-state index contributed by atoms with van der Waals surface area (Å²) in [5, 5.41) is 3.37. The highest BCUT2D eigenvalue weighted by Crippen LogP contribution is 2.19. The molecule has 7 heteroatoms. The van der Waals surface area contributed by atoms with Crippen molar-refractivity contribution < 1.29 is 23.1 Å². The van der Waals surface area contributed by atoms with Crippen LogP contribution in [0.25, 0.3) is 10.9 Å². The van der Waals surface area contributed by atoms with Gasteiger partial charge in [0.2, 0.25) is 0 Å². The van der Waals surface area contributed by atoms with Crippen molar-refractivity contribution >= 4 is 28.5 Å². The summed E-state index contributed by atoms with van der Waals surface area (Å²) in [5.41, 5.74) is 2.06. The van der Waals surface area contributed by atoms with E-state index >= 15 is 0 Å². The first-order valence-corrected chi connectivity index (χ1v) is 7.98. The van der Waals surface area contributed by atoms with Gasteiger partial charge in [-0.15, -0.1) is 0 Å². The first kappa shape index (κ1) is 17.6. The second kappa shape index (κ2) is 7.77.